The summed E-state index contributed by atoms with van der Waals surface area (Å²) >= 11 is 1.13. The van der Waals surface area contributed by atoms with Crippen molar-refractivity contribution < 1.29 is 52.6 Å². The second-order valence-corrected chi connectivity index (χ2v) is 15.1. The zero-order valence-electron chi connectivity index (χ0n) is 23.2. The number of benzene rings is 1. The minimum Gasteiger partial charge on any atom is -1.00 e. The van der Waals surface area contributed by atoms with Gasteiger partial charge in [0.1, 0.15) is 25.8 Å². The fraction of sp³-hybridized carbons (Fsp3) is 0.346. The number of nitrogens with one attached hydrogen (secondary N) is 2. The topological polar surface area (TPSA) is 149 Å². The molecule has 10 nitrogen and oxygen atoms in total. The van der Waals surface area contributed by atoms with Gasteiger partial charge in [0.2, 0.25) is 0 Å². The molecule has 0 saturated heterocycles. The monoisotopic (exact) mass is 609 g/mol. The minimum absolute atomic E-state index is 0. The van der Waals surface area contributed by atoms with E-state index in [-0.39, 0.29) is 46.6 Å². The van der Waals surface area contributed by atoms with E-state index in [9.17, 15) is 26.9 Å². The molecule has 2 aromatic heterocycles. The molecule has 0 atom stereocenters. The molecule has 1 aliphatic carbocycles. The molecule has 14 heteroatoms. The van der Waals surface area contributed by atoms with Crippen LogP contribution in [0.3, 0.4) is 0 Å². The number of anilines is 1. The number of hydrogen-bond acceptors (Lipinski definition) is 9. The quantitative estimate of drug-likeness (QED) is 0.361. The zero-order valence-corrected chi connectivity index (χ0v) is 26.7. The number of urea groups is 1. The third kappa shape index (κ3) is 6.94. The van der Waals surface area contributed by atoms with Gasteiger partial charge >= 0.3 is 35.6 Å². The summed E-state index contributed by atoms with van der Waals surface area (Å²) in [4.78, 5) is 20.0. The molecule has 0 unspecified atom stereocenters. The molecule has 2 amide bonds. The van der Waals surface area contributed by atoms with E-state index in [0.29, 0.717) is 42.9 Å². The predicted molar refractivity (Wildman–Crippen MR) is 150 cm³/mol. The van der Waals surface area contributed by atoms with Crippen molar-refractivity contribution in [1.82, 2.24) is 14.6 Å². The number of nitriles is 1. The third-order valence-electron chi connectivity index (χ3n) is 6.90. The van der Waals surface area contributed by atoms with Crippen LogP contribution in [0.4, 0.5) is 10.5 Å². The number of fused-ring (bicyclic) bond motifs is 2. The number of thiophene rings is 1. The second-order valence-electron chi connectivity index (χ2n) is 9.75. The van der Waals surface area contributed by atoms with Gasteiger partial charge < -0.3 is 6.74 Å². The minimum atomic E-state index is -4.14. The van der Waals surface area contributed by atoms with Crippen LogP contribution in [0.15, 0.2) is 40.7 Å². The van der Waals surface area contributed by atoms with E-state index >= 15 is 0 Å². The summed E-state index contributed by atoms with van der Waals surface area (Å²) in [7, 11) is -7.23. The van der Waals surface area contributed by atoms with Crippen molar-refractivity contribution in [2.24, 2.45) is 0 Å². The molecule has 0 radical (unpaired) electrons. The van der Waals surface area contributed by atoms with Crippen molar-refractivity contribution in [2.45, 2.75) is 36.4 Å². The summed E-state index contributed by atoms with van der Waals surface area (Å²) in [6.07, 6.45) is 5.87. The molecule has 0 bridgehead atoms. The van der Waals surface area contributed by atoms with E-state index in [1.165, 1.54) is 12.5 Å². The Bertz CT molecular complexity index is 1720. The summed E-state index contributed by atoms with van der Waals surface area (Å²) in [6.45, 7) is 1.48. The van der Waals surface area contributed by atoms with Crippen molar-refractivity contribution >= 4 is 42.9 Å². The van der Waals surface area contributed by atoms with Crippen LogP contribution in [0.1, 0.15) is 35.1 Å². The standard InChI is InChI=1S/C26H27N5O5S3.Na.H/c1-38(33,34)12-11-31-10-8-23-19(16-31)14-24(37-23)39(35,36)30-26(32)29-25-21-4-2-3-17(21)5-6-22(25)18-7-9-28-20(13-18)15-27;;/h5-7,9,13-14H,2-4,8,10-12,16H2,1H3,(H2,29,30,32);;/q;+1;-1. The first-order chi connectivity index (χ1) is 18.5. The van der Waals surface area contributed by atoms with Crippen molar-refractivity contribution in [3.63, 3.8) is 0 Å². The van der Waals surface area contributed by atoms with Gasteiger partial charge in [0.25, 0.3) is 10.0 Å². The molecule has 206 valence electrons. The Balaban J connectivity index is 0.00000231. The first kappa shape index (κ1) is 30.6. The number of hydrogen-bond donors (Lipinski definition) is 2. The molecule has 2 N–H and O–H groups in total. The van der Waals surface area contributed by atoms with Gasteiger partial charge in [-0.1, -0.05) is 12.1 Å². The van der Waals surface area contributed by atoms with Crippen LogP contribution < -0.4 is 39.6 Å². The Hall–Kier alpha value is -2.31. The summed E-state index contributed by atoms with van der Waals surface area (Å²) in [6, 6.07) is 9.95. The van der Waals surface area contributed by atoms with Gasteiger partial charge in [-0.2, -0.15) is 5.26 Å². The van der Waals surface area contributed by atoms with Crippen molar-refractivity contribution in [1.29, 1.82) is 5.26 Å². The van der Waals surface area contributed by atoms with E-state index in [1.807, 2.05) is 23.1 Å². The number of pyridine rings is 1. The van der Waals surface area contributed by atoms with Gasteiger partial charge in [0, 0.05) is 42.5 Å². The zero-order chi connectivity index (χ0) is 27.8. The summed E-state index contributed by atoms with van der Waals surface area (Å²) < 4.78 is 51.6. The number of carbonyl (C=O) groups is 1. The number of amides is 2. The average Bonchev–Trinajstić information content (AvgIpc) is 3.54. The number of rotatable bonds is 7. The Labute approximate surface area is 261 Å². The molecule has 3 aromatic rings. The van der Waals surface area contributed by atoms with Crippen molar-refractivity contribution in [2.75, 3.05) is 30.4 Å². The number of aromatic nitrogens is 1. The van der Waals surface area contributed by atoms with Crippen LogP contribution in [0.5, 0.6) is 0 Å². The SMILES string of the molecule is CS(=O)(=O)CCN1CCc2sc(S(=O)(=O)NC(=O)Nc3c(-c4ccnc(C#N)c4)ccc4c3CCC4)cc2C1.[H-].[Na+]. The second kappa shape index (κ2) is 12.3. The molecule has 1 aromatic carbocycles. The van der Waals surface area contributed by atoms with Crippen LogP contribution >= 0.6 is 11.3 Å². The number of sulfonamides is 1. The van der Waals surface area contributed by atoms with Crippen LogP contribution in [0, 0.1) is 11.3 Å². The molecule has 0 spiro atoms. The molecule has 0 saturated carbocycles. The smallest absolute Gasteiger partial charge is 1.00 e. The van der Waals surface area contributed by atoms with Crippen LogP contribution in [0.2, 0.25) is 0 Å². The average molecular weight is 610 g/mol. The van der Waals surface area contributed by atoms with E-state index in [2.05, 4.69) is 15.0 Å². The fourth-order valence-corrected chi connectivity index (χ4v) is 8.04. The third-order valence-corrected chi connectivity index (χ3v) is 10.9. The van der Waals surface area contributed by atoms with Crippen molar-refractivity contribution in [3.8, 4) is 17.2 Å². The maximum absolute atomic E-state index is 13.2. The molecule has 3 heterocycles. The molecular weight excluding hydrogens is 582 g/mol. The largest absolute Gasteiger partial charge is 1.00 e. The maximum Gasteiger partial charge on any atom is 1.00 e. The Morgan fingerprint density at radius 1 is 1.15 bits per heavy atom. The summed E-state index contributed by atoms with van der Waals surface area (Å²) in [5.41, 5.74) is 5.02. The van der Waals surface area contributed by atoms with Gasteiger partial charge in [-0.25, -0.2) is 31.3 Å². The van der Waals surface area contributed by atoms with Crippen molar-refractivity contribution in [3.05, 3.63) is 63.8 Å². The summed E-state index contributed by atoms with van der Waals surface area (Å²) in [5, 5.41) is 12.0. The normalized spacial score (nSPS) is 14.9. The van der Waals surface area contributed by atoms with E-state index in [0.717, 1.165) is 52.2 Å². The van der Waals surface area contributed by atoms with Crippen LogP contribution in [-0.4, -0.2) is 57.8 Å². The van der Waals surface area contributed by atoms with E-state index < -0.39 is 25.9 Å². The number of aryl methyl sites for hydroxylation is 1. The van der Waals surface area contributed by atoms with Crippen LogP contribution in [-0.2, 0) is 45.7 Å². The molecular formula is C26H28N5NaO5S3. The summed E-state index contributed by atoms with van der Waals surface area (Å²) in [5.74, 6) is 0.0435. The van der Waals surface area contributed by atoms with Crippen LogP contribution in [0.25, 0.3) is 11.1 Å². The number of sulfone groups is 1. The molecule has 1 aliphatic heterocycles. The fourth-order valence-electron chi connectivity index (χ4n) is 5.00. The van der Waals surface area contributed by atoms with Gasteiger partial charge in [0.05, 0.1) is 11.4 Å². The van der Waals surface area contributed by atoms with Gasteiger partial charge in [-0.3, -0.25) is 4.90 Å². The molecule has 2 aliphatic rings. The Morgan fingerprint density at radius 2 is 1.95 bits per heavy atom. The molecule has 40 heavy (non-hydrogen) atoms. The molecule has 5 rings (SSSR count). The van der Waals surface area contributed by atoms with Gasteiger partial charge in [-0.15, -0.1) is 11.3 Å². The Morgan fingerprint density at radius 3 is 2.70 bits per heavy atom. The van der Waals surface area contributed by atoms with E-state index in [1.54, 1.807) is 18.2 Å². The maximum atomic E-state index is 13.2. The number of carbonyl (C=O) groups excluding carboxylic acids is 1. The van der Waals surface area contributed by atoms with Gasteiger partial charge in [-0.05, 0) is 66.1 Å². The first-order valence-corrected chi connectivity index (χ1v) is 16.8. The van der Waals surface area contributed by atoms with E-state index in [4.69, 9.17) is 0 Å². The predicted octanol–water partition coefficient (Wildman–Crippen LogP) is 0.200. The Kier molecular flexibility index (Phi) is 9.41. The molecule has 0 fully saturated rings. The first-order valence-electron chi connectivity index (χ1n) is 12.4. The van der Waals surface area contributed by atoms with Gasteiger partial charge in [0.15, 0.2) is 0 Å². The number of nitrogens with zero attached hydrogens (tertiary/aromatic N) is 3.